The predicted molar refractivity (Wildman–Crippen MR) is 76.3 cm³/mol. The van der Waals surface area contributed by atoms with Crippen LogP contribution in [0.2, 0.25) is 0 Å². The van der Waals surface area contributed by atoms with Gasteiger partial charge in [-0.05, 0) is 25.8 Å². The van der Waals surface area contributed by atoms with E-state index in [1.807, 2.05) is 0 Å². The van der Waals surface area contributed by atoms with Crippen molar-refractivity contribution in [3.8, 4) is 0 Å². The van der Waals surface area contributed by atoms with E-state index >= 15 is 0 Å². The van der Waals surface area contributed by atoms with Crippen molar-refractivity contribution in [1.29, 1.82) is 0 Å². The van der Waals surface area contributed by atoms with Crippen LogP contribution in [-0.2, 0) is 14.9 Å². The number of unbranched alkanes of at least 4 members (excludes halogenated alkanes) is 5. The molecule has 0 aromatic rings. The van der Waals surface area contributed by atoms with E-state index in [0.29, 0.717) is 6.42 Å². The molecule has 0 rings (SSSR count). The molecule has 1 unspecified atom stereocenters. The van der Waals surface area contributed by atoms with Crippen molar-refractivity contribution < 1.29 is 17.8 Å². The number of amides is 1. The van der Waals surface area contributed by atoms with Crippen LogP contribution in [0.1, 0.15) is 58.8 Å². The van der Waals surface area contributed by atoms with E-state index < -0.39 is 20.9 Å². The summed E-state index contributed by atoms with van der Waals surface area (Å²) in [5.41, 5.74) is 0. The molecule has 0 aromatic heterocycles. The van der Waals surface area contributed by atoms with Crippen molar-refractivity contribution in [2.75, 3.05) is 0 Å². The zero-order valence-electron chi connectivity index (χ0n) is 11.8. The Balaban J connectivity index is 4.38. The van der Waals surface area contributed by atoms with Gasteiger partial charge in [-0.1, -0.05) is 45.6 Å². The number of carbonyl (C=O) groups excluding carboxylic acids is 1. The second kappa shape index (κ2) is 8.32. The lowest BCUT2D eigenvalue weighted by Crippen LogP contribution is -2.51. The first-order valence-electron chi connectivity index (χ1n) is 6.68. The van der Waals surface area contributed by atoms with E-state index in [1.165, 1.54) is 13.3 Å². The Morgan fingerprint density at radius 1 is 1.26 bits per heavy atom. The molecule has 0 radical (unpaired) electrons. The fraction of sp³-hybridized carbons (Fsp3) is 0.769. The molecule has 0 saturated heterocycles. The molecule has 6 heteroatoms. The van der Waals surface area contributed by atoms with Gasteiger partial charge in [0.05, 0.1) is 0 Å². The lowest BCUT2D eigenvalue weighted by Gasteiger charge is -2.26. The first-order valence-corrected chi connectivity index (χ1v) is 8.12. The minimum absolute atomic E-state index is 0.192. The van der Waals surface area contributed by atoms with E-state index in [2.05, 4.69) is 18.8 Å². The van der Waals surface area contributed by atoms with Crippen LogP contribution in [0, 0.1) is 0 Å². The molecule has 0 saturated carbocycles. The van der Waals surface area contributed by atoms with Crippen LogP contribution in [0.5, 0.6) is 0 Å². The Hall–Kier alpha value is -0.880. The van der Waals surface area contributed by atoms with Crippen LogP contribution in [0.15, 0.2) is 12.7 Å². The van der Waals surface area contributed by atoms with Gasteiger partial charge in [-0.15, -0.1) is 0 Å². The largest absolute Gasteiger partial charge is 0.332 e. The SMILES string of the molecule is C=CC(=O)NC(C)(CCCCCCCC)S(=O)(=O)O. The van der Waals surface area contributed by atoms with Crippen molar-refractivity contribution in [3.63, 3.8) is 0 Å². The third-order valence-corrected chi connectivity index (χ3v) is 4.59. The maximum absolute atomic E-state index is 11.4. The highest BCUT2D eigenvalue weighted by molar-refractivity contribution is 7.87. The Morgan fingerprint density at radius 3 is 2.26 bits per heavy atom. The number of nitrogens with one attached hydrogen (secondary N) is 1. The number of carbonyl (C=O) groups is 1. The Kier molecular flexibility index (Phi) is 7.94. The van der Waals surface area contributed by atoms with Gasteiger partial charge in [0.15, 0.2) is 4.87 Å². The van der Waals surface area contributed by atoms with Gasteiger partial charge in [0, 0.05) is 0 Å². The summed E-state index contributed by atoms with van der Waals surface area (Å²) in [5.74, 6) is -0.605. The quantitative estimate of drug-likeness (QED) is 0.368. The van der Waals surface area contributed by atoms with Crippen LogP contribution in [-0.4, -0.2) is 23.7 Å². The van der Waals surface area contributed by atoms with Crippen LogP contribution in [0.4, 0.5) is 0 Å². The van der Waals surface area contributed by atoms with Crippen molar-refractivity contribution in [3.05, 3.63) is 12.7 Å². The minimum atomic E-state index is -4.35. The summed E-state index contributed by atoms with van der Waals surface area (Å²) >= 11 is 0. The third-order valence-electron chi connectivity index (χ3n) is 3.15. The molecule has 1 atom stereocenters. The smallest absolute Gasteiger partial charge is 0.288 e. The normalized spacial score (nSPS) is 14.7. The van der Waals surface area contributed by atoms with Crippen LogP contribution in [0.25, 0.3) is 0 Å². The molecule has 19 heavy (non-hydrogen) atoms. The summed E-state index contributed by atoms with van der Waals surface area (Å²) in [6.45, 7) is 6.71. The fourth-order valence-electron chi connectivity index (χ4n) is 1.81. The average Bonchev–Trinajstić information content (AvgIpc) is 2.32. The van der Waals surface area contributed by atoms with Gasteiger partial charge >= 0.3 is 0 Å². The lowest BCUT2D eigenvalue weighted by molar-refractivity contribution is -0.117. The zero-order valence-corrected chi connectivity index (χ0v) is 12.6. The fourth-order valence-corrected chi connectivity index (χ4v) is 2.44. The highest BCUT2D eigenvalue weighted by Gasteiger charge is 2.38. The summed E-state index contributed by atoms with van der Waals surface area (Å²) in [7, 11) is -4.35. The molecule has 112 valence electrons. The first-order chi connectivity index (χ1) is 8.77. The molecule has 0 fully saturated rings. The van der Waals surface area contributed by atoms with Crippen molar-refractivity contribution in [1.82, 2.24) is 5.32 Å². The van der Waals surface area contributed by atoms with Crippen LogP contribution in [0.3, 0.4) is 0 Å². The van der Waals surface area contributed by atoms with Gasteiger partial charge in [-0.3, -0.25) is 9.35 Å². The van der Waals surface area contributed by atoms with Gasteiger partial charge < -0.3 is 5.32 Å². The Labute approximate surface area is 116 Å². The van der Waals surface area contributed by atoms with Crippen molar-refractivity contribution >= 4 is 16.0 Å². The molecule has 2 N–H and O–H groups in total. The molecule has 0 aliphatic heterocycles. The summed E-state index contributed by atoms with van der Waals surface area (Å²) < 4.78 is 32.0. The van der Waals surface area contributed by atoms with Gasteiger partial charge in [-0.25, -0.2) is 0 Å². The summed E-state index contributed by atoms with van der Waals surface area (Å²) in [5, 5.41) is 2.29. The summed E-state index contributed by atoms with van der Waals surface area (Å²) in [6, 6.07) is 0. The standard InChI is InChI=1S/C13H25NO4S/c1-4-6-7-8-9-10-11-13(3,19(16,17)18)14-12(15)5-2/h5H,2,4,6-11H2,1,3H3,(H,14,15)(H,16,17,18). The molecule has 1 amide bonds. The van der Waals surface area contributed by atoms with E-state index in [4.69, 9.17) is 0 Å². The molecule has 0 aliphatic carbocycles. The molecule has 0 spiro atoms. The molecular weight excluding hydrogens is 266 g/mol. The molecule has 5 nitrogen and oxygen atoms in total. The minimum Gasteiger partial charge on any atom is -0.332 e. The summed E-state index contributed by atoms with van der Waals surface area (Å²) in [4.78, 5) is 9.61. The van der Waals surface area contributed by atoms with Gasteiger partial charge in [0.25, 0.3) is 10.1 Å². The van der Waals surface area contributed by atoms with Crippen LogP contribution < -0.4 is 5.32 Å². The van der Waals surface area contributed by atoms with E-state index in [0.717, 1.165) is 31.8 Å². The number of hydrogen-bond acceptors (Lipinski definition) is 3. The molecule has 0 aliphatic rings. The topological polar surface area (TPSA) is 83.5 Å². The van der Waals surface area contributed by atoms with Gasteiger partial charge in [0.2, 0.25) is 5.91 Å². The zero-order chi connectivity index (χ0) is 14.9. The average molecular weight is 291 g/mol. The number of rotatable bonds is 10. The Morgan fingerprint density at radius 2 is 1.79 bits per heavy atom. The van der Waals surface area contributed by atoms with E-state index in [1.54, 1.807) is 0 Å². The summed E-state index contributed by atoms with van der Waals surface area (Å²) in [6.07, 6.45) is 7.18. The molecule has 0 aromatic carbocycles. The molecular formula is C13H25NO4S. The monoisotopic (exact) mass is 291 g/mol. The second-order valence-corrected chi connectivity index (χ2v) is 6.77. The molecule has 0 heterocycles. The van der Waals surface area contributed by atoms with E-state index in [9.17, 15) is 17.8 Å². The predicted octanol–water partition coefficient (Wildman–Crippen LogP) is 2.64. The Bertz CT molecular complexity index is 391. The maximum Gasteiger partial charge on any atom is 0.288 e. The third kappa shape index (κ3) is 6.73. The lowest BCUT2D eigenvalue weighted by atomic mass is 10.1. The first kappa shape index (κ1) is 18.1. The second-order valence-electron chi connectivity index (χ2n) is 4.92. The van der Waals surface area contributed by atoms with E-state index in [-0.39, 0.29) is 6.42 Å². The van der Waals surface area contributed by atoms with Gasteiger partial charge in [-0.2, -0.15) is 8.42 Å². The van der Waals surface area contributed by atoms with Crippen LogP contribution >= 0.6 is 0 Å². The van der Waals surface area contributed by atoms with Gasteiger partial charge in [0.1, 0.15) is 0 Å². The maximum atomic E-state index is 11.4. The van der Waals surface area contributed by atoms with Crippen molar-refractivity contribution in [2.45, 2.75) is 63.7 Å². The molecule has 0 bridgehead atoms. The van der Waals surface area contributed by atoms with Crippen molar-refractivity contribution in [2.24, 2.45) is 0 Å². The number of hydrogen-bond donors (Lipinski definition) is 2. The highest BCUT2D eigenvalue weighted by atomic mass is 32.2. The highest BCUT2D eigenvalue weighted by Crippen LogP contribution is 2.21.